The lowest BCUT2D eigenvalue weighted by molar-refractivity contribution is -0.141. The maximum atomic E-state index is 13.3. The summed E-state index contributed by atoms with van der Waals surface area (Å²) in [6, 6.07) is 1.91. The van der Waals surface area contributed by atoms with E-state index in [0.29, 0.717) is 24.4 Å². The van der Waals surface area contributed by atoms with E-state index in [1.54, 1.807) is 4.90 Å². The molecule has 1 saturated heterocycles. The number of aryl methyl sites for hydroxylation is 1. The highest BCUT2D eigenvalue weighted by Crippen LogP contribution is 2.41. The lowest BCUT2D eigenvalue weighted by Gasteiger charge is -2.21. The number of hydrogen-bond acceptors (Lipinski definition) is 4. The van der Waals surface area contributed by atoms with Crippen molar-refractivity contribution in [2.45, 2.75) is 58.4 Å². The van der Waals surface area contributed by atoms with Crippen LogP contribution in [0, 0.1) is 12.8 Å². The molecule has 0 radical (unpaired) electrons. The van der Waals surface area contributed by atoms with Crippen molar-refractivity contribution < 1.29 is 14.7 Å². The molecule has 4 rings (SSSR count). The Hall–Kier alpha value is -1.86. The van der Waals surface area contributed by atoms with E-state index >= 15 is 0 Å². The first-order valence-corrected chi connectivity index (χ1v) is 9.59. The Labute approximate surface area is 182 Å². The highest BCUT2D eigenvalue weighted by atomic mass is 35.5. The summed E-state index contributed by atoms with van der Waals surface area (Å²) in [6.45, 7) is 8.87. The fourth-order valence-electron chi connectivity index (χ4n) is 3.85. The van der Waals surface area contributed by atoms with Crippen LogP contribution in [-0.2, 0) is 10.3 Å². The van der Waals surface area contributed by atoms with Crippen molar-refractivity contribution in [1.82, 2.24) is 19.7 Å². The molecule has 3 heterocycles. The van der Waals surface area contributed by atoms with E-state index < -0.39 is 11.9 Å². The summed E-state index contributed by atoms with van der Waals surface area (Å²) < 4.78 is 1.91. The van der Waals surface area contributed by atoms with E-state index in [0.717, 1.165) is 35.3 Å². The fraction of sp³-hybridized carbons (Fsp3) is 0.600. The summed E-state index contributed by atoms with van der Waals surface area (Å²) in [5, 5.41) is 14.7. The third-order valence-electron chi connectivity index (χ3n) is 5.52. The minimum absolute atomic E-state index is 0. The van der Waals surface area contributed by atoms with E-state index in [1.165, 1.54) is 0 Å². The maximum absolute atomic E-state index is 13.3. The van der Waals surface area contributed by atoms with Gasteiger partial charge in [-0.05, 0) is 53.0 Å². The molecule has 160 valence electrons. The topological polar surface area (TPSA) is 88.3 Å². The van der Waals surface area contributed by atoms with E-state index in [2.05, 4.69) is 25.9 Å². The van der Waals surface area contributed by atoms with E-state index in [-0.39, 0.29) is 42.8 Å². The summed E-state index contributed by atoms with van der Waals surface area (Å²) in [6.07, 6.45) is 2.70. The van der Waals surface area contributed by atoms with Crippen molar-refractivity contribution in [1.29, 1.82) is 0 Å². The van der Waals surface area contributed by atoms with Crippen LogP contribution >= 0.6 is 24.8 Å². The van der Waals surface area contributed by atoms with Gasteiger partial charge in [-0.3, -0.25) is 9.59 Å². The first kappa shape index (κ1) is 23.4. The number of carbonyl (C=O) groups excluding carboxylic acids is 1. The third kappa shape index (κ3) is 4.21. The number of nitrogens with zero attached hydrogens (tertiary/aromatic N) is 4. The molecular weight excluding hydrogens is 415 g/mol. The number of carbonyl (C=O) groups is 2. The second kappa shape index (κ2) is 8.11. The van der Waals surface area contributed by atoms with Crippen molar-refractivity contribution >= 4 is 47.7 Å². The van der Waals surface area contributed by atoms with Gasteiger partial charge in [0.15, 0.2) is 5.65 Å². The number of aliphatic carboxylic acids is 1. The minimum Gasteiger partial charge on any atom is -0.481 e. The van der Waals surface area contributed by atoms with Gasteiger partial charge in [0.25, 0.3) is 5.91 Å². The van der Waals surface area contributed by atoms with Crippen LogP contribution in [-0.4, -0.2) is 49.7 Å². The number of amides is 1. The number of carboxylic acids is 1. The van der Waals surface area contributed by atoms with Crippen LogP contribution in [0.1, 0.15) is 67.7 Å². The molecule has 0 spiro atoms. The Morgan fingerprint density at radius 3 is 2.34 bits per heavy atom. The zero-order chi connectivity index (χ0) is 19.5. The smallest absolute Gasteiger partial charge is 0.308 e. The van der Waals surface area contributed by atoms with Gasteiger partial charge in [0.2, 0.25) is 0 Å². The first-order valence-electron chi connectivity index (χ1n) is 9.59. The molecule has 29 heavy (non-hydrogen) atoms. The number of pyridine rings is 1. The summed E-state index contributed by atoms with van der Waals surface area (Å²) >= 11 is 0. The molecule has 1 aliphatic carbocycles. The molecule has 1 N–H and O–H groups in total. The molecule has 9 heteroatoms. The number of fused-ring (bicyclic) bond motifs is 1. The molecule has 7 nitrogen and oxygen atoms in total. The number of aromatic nitrogens is 3. The molecule has 1 aliphatic heterocycles. The van der Waals surface area contributed by atoms with Gasteiger partial charge in [0.05, 0.1) is 28.1 Å². The molecule has 2 aliphatic rings. The summed E-state index contributed by atoms with van der Waals surface area (Å²) in [7, 11) is 0. The van der Waals surface area contributed by atoms with Crippen molar-refractivity contribution in [3.05, 3.63) is 23.0 Å². The van der Waals surface area contributed by atoms with Crippen LogP contribution in [0.15, 0.2) is 6.07 Å². The monoisotopic (exact) mass is 442 g/mol. The van der Waals surface area contributed by atoms with Gasteiger partial charge in [-0.2, -0.15) is 5.10 Å². The fourth-order valence-corrected chi connectivity index (χ4v) is 3.85. The summed E-state index contributed by atoms with van der Waals surface area (Å²) in [5.41, 5.74) is 2.85. The zero-order valence-electron chi connectivity index (χ0n) is 17.1. The molecule has 2 aromatic heterocycles. The van der Waals surface area contributed by atoms with Crippen LogP contribution in [0.3, 0.4) is 0 Å². The number of rotatable bonds is 3. The van der Waals surface area contributed by atoms with Crippen molar-refractivity contribution in [2.75, 3.05) is 13.1 Å². The number of likely N-dealkylation sites (tertiary alicyclic amines) is 1. The Kier molecular flexibility index (Phi) is 6.55. The van der Waals surface area contributed by atoms with E-state index in [9.17, 15) is 14.7 Å². The van der Waals surface area contributed by atoms with E-state index in [1.807, 2.05) is 17.7 Å². The Bertz CT molecular complexity index is 947. The summed E-state index contributed by atoms with van der Waals surface area (Å²) in [5.74, 6) is -1.01. The molecule has 0 aromatic carbocycles. The molecule has 2 aromatic rings. The van der Waals surface area contributed by atoms with Gasteiger partial charge in [-0.1, -0.05) is 0 Å². The number of hydrogen-bond donors (Lipinski definition) is 1. The third-order valence-corrected chi connectivity index (χ3v) is 5.52. The van der Waals surface area contributed by atoms with E-state index in [4.69, 9.17) is 4.98 Å². The highest BCUT2D eigenvalue weighted by Gasteiger charge is 2.35. The molecule has 1 amide bonds. The Morgan fingerprint density at radius 1 is 1.17 bits per heavy atom. The standard InChI is InChI=1S/C20H26N4O3.2ClH/c1-11-16-14(18(25)23-8-7-13(10-23)19(26)27)9-15(12-5-6-12)21-17(16)24(22-11)20(2,3)4;;/h9,12-13H,5-8,10H2,1-4H3,(H,26,27);2*1H. The molecular formula is C20H28Cl2N4O3. The van der Waals surface area contributed by atoms with Crippen molar-refractivity contribution in [3.63, 3.8) is 0 Å². The van der Waals surface area contributed by atoms with Crippen LogP contribution in [0.25, 0.3) is 11.0 Å². The van der Waals surface area contributed by atoms with Crippen LogP contribution < -0.4 is 0 Å². The average Bonchev–Trinajstić information content (AvgIpc) is 3.21. The average molecular weight is 443 g/mol. The van der Waals surface area contributed by atoms with Gasteiger partial charge in [0, 0.05) is 24.7 Å². The second-order valence-electron chi connectivity index (χ2n) is 8.81. The lowest BCUT2D eigenvalue weighted by atomic mass is 10.1. The summed E-state index contributed by atoms with van der Waals surface area (Å²) in [4.78, 5) is 31.1. The quantitative estimate of drug-likeness (QED) is 0.781. The molecule has 0 bridgehead atoms. The van der Waals surface area contributed by atoms with Crippen LogP contribution in [0.2, 0.25) is 0 Å². The predicted molar refractivity (Wildman–Crippen MR) is 115 cm³/mol. The zero-order valence-corrected chi connectivity index (χ0v) is 18.8. The predicted octanol–water partition coefficient (Wildman–Crippen LogP) is 3.76. The molecule has 2 fully saturated rings. The maximum Gasteiger partial charge on any atom is 0.308 e. The van der Waals surface area contributed by atoms with Gasteiger partial charge >= 0.3 is 5.97 Å². The largest absolute Gasteiger partial charge is 0.481 e. The molecule has 1 saturated carbocycles. The van der Waals surface area contributed by atoms with Gasteiger partial charge in [-0.15, -0.1) is 24.8 Å². The normalized spacial score (nSPS) is 19.0. The van der Waals surface area contributed by atoms with Gasteiger partial charge < -0.3 is 10.0 Å². The minimum atomic E-state index is -0.833. The highest BCUT2D eigenvalue weighted by molar-refractivity contribution is 6.07. The number of halogens is 2. The van der Waals surface area contributed by atoms with Gasteiger partial charge in [0.1, 0.15) is 0 Å². The van der Waals surface area contributed by atoms with Crippen LogP contribution in [0.4, 0.5) is 0 Å². The SMILES string of the molecule is Cc1nn(C(C)(C)C)c2nc(C3CC3)cc(C(=O)N3CCC(C(=O)O)C3)c12.Cl.Cl. The Morgan fingerprint density at radius 2 is 1.83 bits per heavy atom. The second-order valence-corrected chi connectivity index (χ2v) is 8.81. The Balaban J connectivity index is 0.00000150. The van der Waals surface area contributed by atoms with Crippen molar-refractivity contribution in [3.8, 4) is 0 Å². The lowest BCUT2D eigenvalue weighted by Crippen LogP contribution is -2.30. The molecule has 1 atom stereocenters. The van der Waals surface area contributed by atoms with Crippen molar-refractivity contribution in [2.24, 2.45) is 5.92 Å². The number of carboxylic acid groups (broad SMARTS) is 1. The molecule has 1 unspecified atom stereocenters. The first-order chi connectivity index (χ1) is 12.7. The van der Waals surface area contributed by atoms with Gasteiger partial charge in [-0.25, -0.2) is 9.67 Å². The van der Waals surface area contributed by atoms with Crippen LogP contribution in [0.5, 0.6) is 0 Å².